The fourth-order valence-corrected chi connectivity index (χ4v) is 3.29. The van der Waals surface area contributed by atoms with Gasteiger partial charge in [0, 0.05) is 11.1 Å². The van der Waals surface area contributed by atoms with E-state index >= 15 is 0 Å². The van der Waals surface area contributed by atoms with Gasteiger partial charge < -0.3 is 9.73 Å². The summed E-state index contributed by atoms with van der Waals surface area (Å²) in [6, 6.07) is 22.4. The number of hydrogen-bond donors (Lipinski definition) is 1. The van der Waals surface area contributed by atoms with Gasteiger partial charge >= 0.3 is 0 Å². The van der Waals surface area contributed by atoms with E-state index in [9.17, 15) is 4.79 Å². The Morgan fingerprint density at radius 3 is 2.52 bits per heavy atom. The molecule has 144 valence electrons. The lowest BCUT2D eigenvalue weighted by Gasteiger charge is -2.10. The van der Waals surface area contributed by atoms with E-state index in [1.807, 2.05) is 68.4 Å². The molecule has 3 aromatic carbocycles. The third-order valence-electron chi connectivity index (χ3n) is 4.61. The van der Waals surface area contributed by atoms with Crippen LogP contribution in [0.2, 0.25) is 5.02 Å². The number of amides is 1. The van der Waals surface area contributed by atoms with Crippen LogP contribution in [0.25, 0.3) is 11.0 Å². The predicted molar refractivity (Wildman–Crippen MR) is 117 cm³/mol. The van der Waals surface area contributed by atoms with Gasteiger partial charge in [0.15, 0.2) is 0 Å². The molecule has 0 saturated heterocycles. The van der Waals surface area contributed by atoms with Crippen molar-refractivity contribution < 1.29 is 9.21 Å². The molecule has 1 aromatic heterocycles. The molecule has 1 heterocycles. The van der Waals surface area contributed by atoms with E-state index < -0.39 is 0 Å². The number of fused-ring (bicyclic) bond motifs is 1. The zero-order valence-electron chi connectivity index (χ0n) is 16.1. The minimum atomic E-state index is -0.294. The average molecular weight is 403 g/mol. The van der Waals surface area contributed by atoms with Crippen LogP contribution in [0.3, 0.4) is 0 Å². The van der Waals surface area contributed by atoms with Crippen LogP contribution in [0.5, 0.6) is 0 Å². The summed E-state index contributed by atoms with van der Waals surface area (Å²) in [5.41, 5.74) is 4.59. The molecular formula is C24H19ClN2O2. The fourth-order valence-electron chi connectivity index (χ4n) is 3.11. The number of halogens is 1. The predicted octanol–water partition coefficient (Wildman–Crippen LogP) is 6.19. The number of para-hydroxylation sites is 2. The Morgan fingerprint density at radius 1 is 0.966 bits per heavy atom. The monoisotopic (exact) mass is 402 g/mol. The largest absolute Gasteiger partial charge is 0.438 e. The maximum Gasteiger partial charge on any atom is 0.261 e. The minimum absolute atomic E-state index is 0.207. The Morgan fingerprint density at radius 2 is 1.72 bits per heavy atom. The summed E-state index contributed by atoms with van der Waals surface area (Å²) in [4.78, 5) is 17.7. The molecular weight excluding hydrogens is 384 g/mol. The Balaban J connectivity index is 1.85. The third-order valence-corrected chi connectivity index (χ3v) is 4.92. The quantitative estimate of drug-likeness (QED) is 0.444. The molecule has 0 aliphatic rings. The number of anilines is 1. The molecule has 5 heteroatoms. The number of hydrogen-bond acceptors (Lipinski definition) is 3. The van der Waals surface area contributed by atoms with Gasteiger partial charge in [0.1, 0.15) is 11.1 Å². The van der Waals surface area contributed by atoms with Crippen LogP contribution in [0.1, 0.15) is 21.5 Å². The highest BCUT2D eigenvalue weighted by molar-refractivity contribution is 6.32. The molecule has 0 radical (unpaired) electrons. The van der Waals surface area contributed by atoms with Crippen LogP contribution in [0.15, 0.2) is 82.2 Å². The summed E-state index contributed by atoms with van der Waals surface area (Å²) in [7, 11) is 0. The maximum absolute atomic E-state index is 13.1. The van der Waals surface area contributed by atoms with E-state index in [0.717, 1.165) is 22.2 Å². The van der Waals surface area contributed by atoms with E-state index in [1.54, 1.807) is 18.2 Å². The van der Waals surface area contributed by atoms with Gasteiger partial charge in [0.05, 0.1) is 10.7 Å². The van der Waals surface area contributed by atoms with Crippen molar-refractivity contribution in [2.75, 3.05) is 5.32 Å². The van der Waals surface area contributed by atoms with Gasteiger partial charge in [-0.25, -0.2) is 4.99 Å². The second-order valence-corrected chi connectivity index (χ2v) is 7.25. The molecule has 0 aliphatic heterocycles. The molecule has 4 rings (SSSR count). The molecule has 4 nitrogen and oxygen atoms in total. The maximum atomic E-state index is 13.1. The first-order valence-electron chi connectivity index (χ1n) is 9.22. The number of nitrogens with one attached hydrogen (secondary N) is 1. The molecule has 0 aliphatic carbocycles. The van der Waals surface area contributed by atoms with Crippen molar-refractivity contribution in [3.63, 3.8) is 0 Å². The van der Waals surface area contributed by atoms with Crippen LogP contribution >= 0.6 is 11.6 Å². The number of nitrogens with zero attached hydrogens (tertiary/aromatic N) is 1. The molecule has 0 bridgehead atoms. The lowest BCUT2D eigenvalue weighted by Crippen LogP contribution is -2.22. The third kappa shape index (κ3) is 4.08. The van der Waals surface area contributed by atoms with Gasteiger partial charge in [-0.1, -0.05) is 59.6 Å². The summed E-state index contributed by atoms with van der Waals surface area (Å²) in [5.74, 6) is -0.294. The molecule has 0 spiro atoms. The van der Waals surface area contributed by atoms with Gasteiger partial charge in [0.25, 0.3) is 5.91 Å². The lowest BCUT2D eigenvalue weighted by atomic mass is 10.1. The van der Waals surface area contributed by atoms with Crippen LogP contribution in [-0.2, 0) is 0 Å². The Labute approximate surface area is 173 Å². The first-order chi connectivity index (χ1) is 14.0. The van der Waals surface area contributed by atoms with Gasteiger partial charge in [0.2, 0.25) is 5.55 Å². The van der Waals surface area contributed by atoms with E-state index in [-0.39, 0.29) is 11.5 Å². The van der Waals surface area contributed by atoms with Crippen molar-refractivity contribution in [3.8, 4) is 0 Å². The SMILES string of the molecule is Cc1ccc(NC(=O)c2cc3ccccc3oc2=Nc2ccccc2Cl)c(C)c1. The Hall–Kier alpha value is -3.37. The summed E-state index contributed by atoms with van der Waals surface area (Å²) in [6.07, 6.45) is 0. The molecule has 0 unspecified atom stereocenters. The summed E-state index contributed by atoms with van der Waals surface area (Å²) >= 11 is 6.25. The van der Waals surface area contributed by atoms with E-state index in [4.69, 9.17) is 16.0 Å². The molecule has 4 aromatic rings. The highest BCUT2D eigenvalue weighted by Gasteiger charge is 2.14. The first kappa shape index (κ1) is 19.0. The number of aryl methyl sites for hydroxylation is 2. The smallest absolute Gasteiger partial charge is 0.261 e. The summed E-state index contributed by atoms with van der Waals surface area (Å²) in [5, 5.41) is 4.27. The number of rotatable bonds is 3. The van der Waals surface area contributed by atoms with Gasteiger partial charge in [-0.05, 0) is 49.7 Å². The molecule has 0 fully saturated rings. The highest BCUT2D eigenvalue weighted by atomic mass is 35.5. The van der Waals surface area contributed by atoms with Crippen molar-refractivity contribution in [2.24, 2.45) is 4.99 Å². The zero-order chi connectivity index (χ0) is 20.4. The fraction of sp³-hybridized carbons (Fsp3) is 0.0833. The van der Waals surface area contributed by atoms with Crippen molar-refractivity contribution in [1.29, 1.82) is 0 Å². The molecule has 0 atom stereocenters. The van der Waals surface area contributed by atoms with E-state index in [0.29, 0.717) is 21.9 Å². The normalized spacial score (nSPS) is 11.6. The van der Waals surface area contributed by atoms with Crippen LogP contribution < -0.4 is 10.9 Å². The lowest BCUT2D eigenvalue weighted by molar-refractivity contribution is 0.102. The van der Waals surface area contributed by atoms with Gasteiger partial charge in [-0.2, -0.15) is 0 Å². The Bertz CT molecular complexity index is 1290. The number of carbonyl (C=O) groups excluding carboxylic acids is 1. The standard InChI is InChI=1S/C24H19ClN2O2/c1-15-11-12-20(16(2)13-15)26-23(28)18-14-17-7-3-6-10-22(17)29-24(18)27-21-9-5-4-8-19(21)25/h3-14H,1-2H3,(H,26,28). The van der Waals surface area contributed by atoms with Gasteiger partial charge in [-0.15, -0.1) is 0 Å². The second kappa shape index (κ2) is 7.94. The summed E-state index contributed by atoms with van der Waals surface area (Å²) < 4.78 is 5.97. The van der Waals surface area contributed by atoms with Crippen molar-refractivity contribution >= 4 is 39.9 Å². The van der Waals surface area contributed by atoms with Crippen LogP contribution in [0.4, 0.5) is 11.4 Å². The average Bonchev–Trinajstić information content (AvgIpc) is 2.71. The minimum Gasteiger partial charge on any atom is -0.438 e. The highest BCUT2D eigenvalue weighted by Crippen LogP contribution is 2.24. The number of carbonyl (C=O) groups is 1. The second-order valence-electron chi connectivity index (χ2n) is 6.84. The molecule has 0 saturated carbocycles. The van der Waals surface area contributed by atoms with Crippen LogP contribution in [0, 0.1) is 13.8 Å². The molecule has 1 amide bonds. The van der Waals surface area contributed by atoms with E-state index in [2.05, 4.69) is 10.3 Å². The number of benzene rings is 3. The van der Waals surface area contributed by atoms with Crippen LogP contribution in [-0.4, -0.2) is 5.91 Å². The molecule has 29 heavy (non-hydrogen) atoms. The molecule has 1 N–H and O–H groups in total. The summed E-state index contributed by atoms with van der Waals surface area (Å²) in [6.45, 7) is 3.98. The van der Waals surface area contributed by atoms with E-state index in [1.165, 1.54) is 0 Å². The van der Waals surface area contributed by atoms with Gasteiger partial charge in [-0.3, -0.25) is 4.79 Å². The Kier molecular flexibility index (Phi) is 5.19. The topological polar surface area (TPSA) is 54.6 Å². The zero-order valence-corrected chi connectivity index (χ0v) is 16.8. The first-order valence-corrected chi connectivity index (χ1v) is 9.60. The van der Waals surface area contributed by atoms with Crippen molar-refractivity contribution in [1.82, 2.24) is 0 Å². The van der Waals surface area contributed by atoms with Crippen molar-refractivity contribution in [3.05, 3.63) is 100 Å². The van der Waals surface area contributed by atoms with Crippen molar-refractivity contribution in [2.45, 2.75) is 13.8 Å².